The van der Waals surface area contributed by atoms with Crippen LogP contribution in [-0.4, -0.2) is 23.1 Å². The number of benzene rings is 1. The fourth-order valence-corrected chi connectivity index (χ4v) is 5.91. The Bertz CT molecular complexity index is 1130. The van der Waals surface area contributed by atoms with Crippen molar-refractivity contribution in [1.82, 2.24) is 4.57 Å². The van der Waals surface area contributed by atoms with Gasteiger partial charge in [0, 0.05) is 22.3 Å². The molecule has 1 aliphatic carbocycles. The summed E-state index contributed by atoms with van der Waals surface area (Å²) >= 11 is 1.53. The highest BCUT2D eigenvalue weighted by Gasteiger charge is 2.30. The molecule has 0 bridgehead atoms. The molecular formula is C24H28N2O3S. The Morgan fingerprint density at radius 3 is 2.77 bits per heavy atom. The number of carbonyl (C=O) groups excluding carboxylic acids is 2. The summed E-state index contributed by atoms with van der Waals surface area (Å²) in [5.74, 6) is 0.0648. The summed E-state index contributed by atoms with van der Waals surface area (Å²) in [6.45, 7) is 9.07. The summed E-state index contributed by atoms with van der Waals surface area (Å²) in [5.41, 5.74) is 4.26. The Morgan fingerprint density at radius 1 is 1.27 bits per heavy atom. The molecule has 1 aromatic carbocycles. The lowest BCUT2D eigenvalue weighted by Gasteiger charge is -2.18. The van der Waals surface area contributed by atoms with Gasteiger partial charge in [-0.25, -0.2) is 4.79 Å². The molecule has 0 saturated carbocycles. The molecule has 0 fully saturated rings. The summed E-state index contributed by atoms with van der Waals surface area (Å²) in [5, 5.41) is 4.77. The zero-order chi connectivity index (χ0) is 21.4. The molecule has 2 heterocycles. The first-order valence-electron chi connectivity index (χ1n) is 10.7. The van der Waals surface area contributed by atoms with Crippen molar-refractivity contribution in [3.63, 3.8) is 0 Å². The molecule has 0 saturated heterocycles. The van der Waals surface area contributed by atoms with E-state index in [1.165, 1.54) is 16.2 Å². The fraction of sp³-hybridized carbons (Fsp3) is 0.417. The van der Waals surface area contributed by atoms with Crippen molar-refractivity contribution in [2.45, 2.75) is 53.5 Å². The van der Waals surface area contributed by atoms with Crippen LogP contribution in [0, 0.1) is 12.8 Å². The highest BCUT2D eigenvalue weighted by Crippen LogP contribution is 2.40. The van der Waals surface area contributed by atoms with E-state index in [-0.39, 0.29) is 11.9 Å². The number of hydrogen-bond donors (Lipinski definition) is 1. The van der Waals surface area contributed by atoms with Crippen molar-refractivity contribution in [2.24, 2.45) is 5.92 Å². The van der Waals surface area contributed by atoms with Gasteiger partial charge in [-0.3, -0.25) is 4.79 Å². The van der Waals surface area contributed by atoms with E-state index in [9.17, 15) is 9.59 Å². The van der Waals surface area contributed by atoms with E-state index in [0.29, 0.717) is 35.3 Å². The average Bonchev–Trinajstić information content (AvgIpc) is 3.22. The third-order valence-corrected chi connectivity index (χ3v) is 7.14. The van der Waals surface area contributed by atoms with Crippen LogP contribution in [0.25, 0.3) is 10.9 Å². The number of thiophene rings is 1. The third-order valence-electron chi connectivity index (χ3n) is 5.97. The van der Waals surface area contributed by atoms with E-state index < -0.39 is 0 Å². The van der Waals surface area contributed by atoms with Gasteiger partial charge in [0.15, 0.2) is 0 Å². The van der Waals surface area contributed by atoms with Crippen molar-refractivity contribution in [1.29, 1.82) is 0 Å². The Balaban J connectivity index is 1.76. The van der Waals surface area contributed by atoms with Crippen molar-refractivity contribution in [2.75, 3.05) is 11.9 Å². The smallest absolute Gasteiger partial charge is 0.341 e. The second kappa shape index (κ2) is 8.26. The number of esters is 1. The Kier molecular flexibility index (Phi) is 5.69. The molecule has 4 rings (SSSR count). The van der Waals surface area contributed by atoms with Crippen molar-refractivity contribution in [3.8, 4) is 0 Å². The minimum absolute atomic E-state index is 0.178. The number of amides is 1. The molecule has 0 radical (unpaired) electrons. The van der Waals surface area contributed by atoms with Crippen LogP contribution in [0.5, 0.6) is 0 Å². The SMILES string of the molecule is CCOC(=O)c1c(NC(=O)c2c(C)c3ccccc3n2CC)sc2c1CCC(C)C2. The van der Waals surface area contributed by atoms with E-state index in [1.54, 1.807) is 6.92 Å². The number of rotatable bonds is 5. The van der Waals surface area contributed by atoms with Crippen LogP contribution in [0.3, 0.4) is 0 Å². The summed E-state index contributed by atoms with van der Waals surface area (Å²) in [6.07, 6.45) is 2.84. The maximum Gasteiger partial charge on any atom is 0.341 e. The van der Waals surface area contributed by atoms with E-state index in [4.69, 9.17) is 4.74 Å². The van der Waals surface area contributed by atoms with Crippen LogP contribution in [-0.2, 0) is 24.1 Å². The lowest BCUT2D eigenvalue weighted by Crippen LogP contribution is -2.19. The van der Waals surface area contributed by atoms with Gasteiger partial charge in [0.25, 0.3) is 5.91 Å². The molecule has 6 heteroatoms. The quantitative estimate of drug-likeness (QED) is 0.544. The molecule has 5 nitrogen and oxygen atoms in total. The maximum atomic E-state index is 13.4. The van der Waals surface area contributed by atoms with Gasteiger partial charge in [-0.2, -0.15) is 0 Å². The average molecular weight is 425 g/mol. The highest BCUT2D eigenvalue weighted by molar-refractivity contribution is 7.17. The number of ether oxygens (including phenoxy) is 1. The van der Waals surface area contributed by atoms with E-state index >= 15 is 0 Å². The van der Waals surface area contributed by atoms with Crippen molar-refractivity contribution < 1.29 is 14.3 Å². The standard InChI is InChI=1S/C24H28N2O3S/c1-5-26-18-10-8-7-9-16(18)15(4)21(26)22(27)25-23-20(24(28)29-6-2)17-12-11-14(3)13-19(17)30-23/h7-10,14H,5-6,11-13H2,1-4H3,(H,25,27). The summed E-state index contributed by atoms with van der Waals surface area (Å²) < 4.78 is 7.38. The predicted molar refractivity (Wildman–Crippen MR) is 122 cm³/mol. The second-order valence-electron chi connectivity index (χ2n) is 7.97. The molecule has 30 heavy (non-hydrogen) atoms. The molecule has 1 amide bonds. The number of nitrogens with one attached hydrogen (secondary N) is 1. The molecule has 1 N–H and O–H groups in total. The molecule has 1 unspecified atom stereocenters. The number of fused-ring (bicyclic) bond motifs is 2. The zero-order valence-electron chi connectivity index (χ0n) is 18.0. The second-order valence-corrected chi connectivity index (χ2v) is 9.07. The number of carbonyl (C=O) groups is 2. The number of nitrogens with zero attached hydrogens (tertiary/aromatic N) is 1. The molecule has 3 aromatic rings. The first kappa shape index (κ1) is 20.7. The lowest BCUT2D eigenvalue weighted by atomic mass is 9.88. The highest BCUT2D eigenvalue weighted by atomic mass is 32.1. The van der Waals surface area contributed by atoms with Crippen molar-refractivity contribution in [3.05, 3.63) is 51.5 Å². The Labute approximate surface area is 181 Å². The normalized spacial score (nSPS) is 15.8. The Morgan fingerprint density at radius 2 is 2.03 bits per heavy atom. The first-order valence-corrected chi connectivity index (χ1v) is 11.5. The molecule has 0 spiro atoms. The summed E-state index contributed by atoms with van der Waals surface area (Å²) in [4.78, 5) is 27.4. The van der Waals surface area contributed by atoms with Crippen LogP contribution in [0.15, 0.2) is 24.3 Å². The van der Waals surface area contributed by atoms with Gasteiger partial charge in [-0.15, -0.1) is 11.3 Å². The third kappa shape index (κ3) is 3.43. The number of anilines is 1. The zero-order valence-corrected chi connectivity index (χ0v) is 18.8. The molecule has 1 aliphatic rings. The number of para-hydroxylation sites is 1. The maximum absolute atomic E-state index is 13.4. The van der Waals surface area contributed by atoms with Crippen LogP contribution in [0.4, 0.5) is 5.00 Å². The minimum Gasteiger partial charge on any atom is -0.462 e. The molecule has 1 atom stereocenters. The van der Waals surface area contributed by atoms with Gasteiger partial charge in [0.1, 0.15) is 10.7 Å². The topological polar surface area (TPSA) is 60.3 Å². The van der Waals surface area contributed by atoms with Gasteiger partial charge in [0.2, 0.25) is 0 Å². The largest absolute Gasteiger partial charge is 0.462 e. The molecular weight excluding hydrogens is 396 g/mol. The predicted octanol–water partition coefficient (Wildman–Crippen LogP) is 5.58. The van der Waals surface area contributed by atoms with Crippen LogP contribution >= 0.6 is 11.3 Å². The van der Waals surface area contributed by atoms with E-state index in [1.807, 2.05) is 42.7 Å². The van der Waals surface area contributed by atoms with Crippen LogP contribution < -0.4 is 5.32 Å². The van der Waals surface area contributed by atoms with Gasteiger partial charge in [-0.05, 0) is 63.1 Å². The summed E-state index contributed by atoms with van der Waals surface area (Å²) in [7, 11) is 0. The number of aryl methyl sites for hydroxylation is 2. The number of hydrogen-bond acceptors (Lipinski definition) is 4. The molecule has 2 aromatic heterocycles. The molecule has 158 valence electrons. The monoisotopic (exact) mass is 424 g/mol. The first-order chi connectivity index (χ1) is 14.5. The summed E-state index contributed by atoms with van der Waals surface area (Å²) in [6, 6.07) is 8.06. The van der Waals surface area contributed by atoms with E-state index in [0.717, 1.165) is 41.3 Å². The van der Waals surface area contributed by atoms with Crippen LogP contribution in [0.1, 0.15) is 64.0 Å². The lowest BCUT2D eigenvalue weighted by molar-refractivity contribution is 0.0526. The fourth-order valence-electron chi connectivity index (χ4n) is 4.52. The van der Waals surface area contributed by atoms with E-state index in [2.05, 4.69) is 12.2 Å². The van der Waals surface area contributed by atoms with Gasteiger partial charge >= 0.3 is 5.97 Å². The van der Waals surface area contributed by atoms with Gasteiger partial charge in [0.05, 0.1) is 12.2 Å². The van der Waals surface area contributed by atoms with Gasteiger partial charge in [-0.1, -0.05) is 25.1 Å². The molecule has 0 aliphatic heterocycles. The number of aromatic nitrogens is 1. The van der Waals surface area contributed by atoms with Crippen molar-refractivity contribution >= 4 is 39.1 Å². The minimum atomic E-state index is -0.340. The van der Waals surface area contributed by atoms with Crippen LogP contribution in [0.2, 0.25) is 0 Å². The Hall–Kier alpha value is -2.60. The van der Waals surface area contributed by atoms with Gasteiger partial charge < -0.3 is 14.6 Å².